The number of fused-ring (bicyclic) bond motifs is 1. The third-order valence-electron chi connectivity index (χ3n) is 2.88. The average Bonchev–Trinajstić information content (AvgIpc) is 2.75. The summed E-state index contributed by atoms with van der Waals surface area (Å²) in [6.45, 7) is 6.91. The Morgan fingerprint density at radius 2 is 2.25 bits per heavy atom. The lowest BCUT2D eigenvalue weighted by atomic mass is 10.1. The molecule has 0 radical (unpaired) electrons. The molecular formula is C14H19N3O2S. The summed E-state index contributed by atoms with van der Waals surface area (Å²) >= 11 is 1.38. The van der Waals surface area contributed by atoms with Crippen molar-refractivity contribution in [1.82, 2.24) is 10.3 Å². The fourth-order valence-corrected chi connectivity index (χ4v) is 2.69. The molecule has 108 valence electrons. The first-order valence-electron chi connectivity index (χ1n) is 6.49. The molecule has 0 aliphatic rings. The molecule has 2 aromatic rings. The first kappa shape index (κ1) is 14.7. The highest BCUT2D eigenvalue weighted by molar-refractivity contribution is 7.22. The zero-order chi connectivity index (χ0) is 14.8. The predicted octanol–water partition coefficient (Wildman–Crippen LogP) is 2.42. The monoisotopic (exact) mass is 293 g/mol. The first-order chi connectivity index (χ1) is 9.41. The van der Waals surface area contributed by atoms with Gasteiger partial charge in [0.25, 0.3) is 5.91 Å². The van der Waals surface area contributed by atoms with E-state index in [0.29, 0.717) is 23.8 Å². The van der Waals surface area contributed by atoms with Gasteiger partial charge >= 0.3 is 0 Å². The van der Waals surface area contributed by atoms with Crippen LogP contribution in [0.5, 0.6) is 0 Å². The summed E-state index contributed by atoms with van der Waals surface area (Å²) in [5.74, 6) is -0.119. The number of rotatable bonds is 5. The van der Waals surface area contributed by atoms with Crippen LogP contribution in [0.15, 0.2) is 18.2 Å². The van der Waals surface area contributed by atoms with Crippen LogP contribution in [-0.2, 0) is 4.74 Å². The van der Waals surface area contributed by atoms with Gasteiger partial charge in [0.2, 0.25) is 0 Å². The normalized spacial score (nSPS) is 11.8. The zero-order valence-electron chi connectivity index (χ0n) is 11.9. The van der Waals surface area contributed by atoms with E-state index >= 15 is 0 Å². The minimum atomic E-state index is -0.372. The van der Waals surface area contributed by atoms with E-state index in [-0.39, 0.29) is 11.5 Å². The summed E-state index contributed by atoms with van der Waals surface area (Å²) in [7, 11) is 0. The van der Waals surface area contributed by atoms with Crippen molar-refractivity contribution in [2.45, 2.75) is 26.4 Å². The summed E-state index contributed by atoms with van der Waals surface area (Å²) in [6.07, 6.45) is 0. The van der Waals surface area contributed by atoms with Crippen molar-refractivity contribution < 1.29 is 9.53 Å². The lowest BCUT2D eigenvalue weighted by Gasteiger charge is -2.24. The van der Waals surface area contributed by atoms with Gasteiger partial charge in [-0.25, -0.2) is 4.98 Å². The molecule has 3 N–H and O–H groups in total. The molecule has 0 aliphatic heterocycles. The fourth-order valence-electron chi connectivity index (χ4n) is 1.92. The van der Waals surface area contributed by atoms with Crippen LogP contribution < -0.4 is 11.1 Å². The van der Waals surface area contributed by atoms with Crippen molar-refractivity contribution in [3.05, 3.63) is 23.8 Å². The van der Waals surface area contributed by atoms with E-state index in [2.05, 4.69) is 10.3 Å². The Morgan fingerprint density at radius 1 is 1.50 bits per heavy atom. The van der Waals surface area contributed by atoms with E-state index < -0.39 is 0 Å². The highest BCUT2D eigenvalue weighted by atomic mass is 32.1. The van der Waals surface area contributed by atoms with Gasteiger partial charge in [-0.2, -0.15) is 0 Å². The quantitative estimate of drug-likeness (QED) is 0.887. The third kappa shape index (κ3) is 3.46. The molecule has 0 fully saturated rings. The van der Waals surface area contributed by atoms with Gasteiger partial charge < -0.3 is 15.8 Å². The van der Waals surface area contributed by atoms with Crippen LogP contribution in [0, 0.1) is 0 Å². The van der Waals surface area contributed by atoms with Crippen molar-refractivity contribution in [2.75, 3.05) is 18.9 Å². The van der Waals surface area contributed by atoms with Crippen LogP contribution in [0.2, 0.25) is 0 Å². The Labute approximate surface area is 122 Å². The fraction of sp³-hybridized carbons (Fsp3) is 0.429. The highest BCUT2D eigenvalue weighted by Gasteiger charge is 2.19. The summed E-state index contributed by atoms with van der Waals surface area (Å²) in [5.41, 5.74) is 6.71. The molecule has 0 saturated carbocycles. The lowest BCUT2D eigenvalue weighted by molar-refractivity contribution is -0.00815. The number of nitrogens with one attached hydrogen (secondary N) is 1. The number of hydrogen-bond donors (Lipinski definition) is 2. The molecule has 1 amide bonds. The summed E-state index contributed by atoms with van der Waals surface area (Å²) in [5, 5.41) is 3.39. The molecule has 0 bridgehead atoms. The van der Waals surface area contributed by atoms with Crippen molar-refractivity contribution in [1.29, 1.82) is 0 Å². The number of nitrogens with two attached hydrogens (primary N) is 1. The van der Waals surface area contributed by atoms with Crippen LogP contribution in [0.3, 0.4) is 0 Å². The molecule has 0 spiro atoms. The number of nitrogen functional groups attached to an aromatic ring is 1. The number of carbonyl (C=O) groups excluding carboxylic acids is 1. The molecular weight excluding hydrogens is 274 g/mol. The lowest BCUT2D eigenvalue weighted by Crippen LogP contribution is -2.40. The van der Waals surface area contributed by atoms with Gasteiger partial charge in [0, 0.05) is 18.7 Å². The maximum absolute atomic E-state index is 12.1. The number of carbonyl (C=O) groups is 1. The predicted molar refractivity (Wildman–Crippen MR) is 82.1 cm³/mol. The third-order valence-corrected chi connectivity index (χ3v) is 3.72. The Hall–Kier alpha value is -1.66. The number of hydrogen-bond acceptors (Lipinski definition) is 5. The second-order valence-electron chi connectivity index (χ2n) is 5.11. The van der Waals surface area contributed by atoms with Crippen molar-refractivity contribution >= 4 is 32.6 Å². The van der Waals surface area contributed by atoms with Gasteiger partial charge in [0.15, 0.2) is 5.13 Å². The van der Waals surface area contributed by atoms with E-state index in [1.807, 2.05) is 32.9 Å². The molecule has 0 unspecified atom stereocenters. The highest BCUT2D eigenvalue weighted by Crippen LogP contribution is 2.24. The molecule has 0 atom stereocenters. The smallest absolute Gasteiger partial charge is 0.251 e. The van der Waals surface area contributed by atoms with Gasteiger partial charge in [-0.3, -0.25) is 4.79 Å². The van der Waals surface area contributed by atoms with Crippen LogP contribution in [0.25, 0.3) is 10.2 Å². The number of aromatic nitrogens is 1. The molecule has 2 rings (SSSR count). The van der Waals surface area contributed by atoms with E-state index in [0.717, 1.165) is 10.2 Å². The van der Waals surface area contributed by atoms with Gasteiger partial charge in [-0.05, 0) is 39.0 Å². The number of amides is 1. The molecule has 0 saturated heterocycles. The Morgan fingerprint density at radius 3 is 2.95 bits per heavy atom. The Bertz CT molecular complexity index is 622. The van der Waals surface area contributed by atoms with Gasteiger partial charge in [-0.1, -0.05) is 11.3 Å². The van der Waals surface area contributed by atoms with E-state index in [1.54, 1.807) is 6.07 Å². The maximum Gasteiger partial charge on any atom is 0.251 e. The minimum absolute atomic E-state index is 0.119. The number of nitrogens with zero attached hydrogens (tertiary/aromatic N) is 1. The Balaban J connectivity index is 2.07. The van der Waals surface area contributed by atoms with Crippen LogP contribution >= 0.6 is 11.3 Å². The van der Waals surface area contributed by atoms with E-state index in [1.165, 1.54) is 11.3 Å². The topological polar surface area (TPSA) is 77.2 Å². The van der Waals surface area contributed by atoms with Crippen molar-refractivity contribution in [2.24, 2.45) is 0 Å². The van der Waals surface area contributed by atoms with Crippen molar-refractivity contribution in [3.8, 4) is 0 Å². The molecule has 1 aromatic carbocycles. The molecule has 1 aromatic heterocycles. The number of thiazole rings is 1. The van der Waals surface area contributed by atoms with E-state index in [4.69, 9.17) is 10.5 Å². The van der Waals surface area contributed by atoms with Crippen molar-refractivity contribution in [3.63, 3.8) is 0 Å². The maximum atomic E-state index is 12.1. The second kappa shape index (κ2) is 5.76. The van der Waals surface area contributed by atoms with Crippen LogP contribution in [0.4, 0.5) is 5.13 Å². The summed E-state index contributed by atoms with van der Waals surface area (Å²) in [4.78, 5) is 16.3. The van der Waals surface area contributed by atoms with Gasteiger partial charge in [0.05, 0.1) is 15.8 Å². The van der Waals surface area contributed by atoms with Gasteiger partial charge in [0.1, 0.15) is 0 Å². The molecule has 0 aliphatic carbocycles. The molecule has 5 nitrogen and oxygen atoms in total. The number of anilines is 1. The summed E-state index contributed by atoms with van der Waals surface area (Å²) < 4.78 is 6.47. The summed E-state index contributed by atoms with van der Waals surface area (Å²) in [6, 6.07) is 5.38. The minimum Gasteiger partial charge on any atom is -0.375 e. The first-order valence-corrected chi connectivity index (χ1v) is 7.31. The number of ether oxygens (including phenoxy) is 1. The Kier molecular flexibility index (Phi) is 4.25. The number of benzene rings is 1. The molecule has 1 heterocycles. The SMILES string of the molecule is CCOC(C)(C)CNC(=O)c1ccc2nc(N)sc2c1. The zero-order valence-corrected chi connectivity index (χ0v) is 12.7. The van der Waals surface area contributed by atoms with Crippen LogP contribution in [-0.4, -0.2) is 29.6 Å². The molecule has 20 heavy (non-hydrogen) atoms. The van der Waals surface area contributed by atoms with Gasteiger partial charge in [-0.15, -0.1) is 0 Å². The average molecular weight is 293 g/mol. The largest absolute Gasteiger partial charge is 0.375 e. The molecule has 6 heteroatoms. The van der Waals surface area contributed by atoms with E-state index in [9.17, 15) is 4.79 Å². The standard InChI is InChI=1S/C14H19N3O2S/c1-4-19-14(2,3)8-16-12(18)9-5-6-10-11(7-9)20-13(15)17-10/h5-7H,4,8H2,1-3H3,(H2,15,17)(H,16,18). The van der Waals surface area contributed by atoms with Crippen LogP contribution in [0.1, 0.15) is 31.1 Å². The second-order valence-corrected chi connectivity index (χ2v) is 6.17.